The second-order valence-corrected chi connectivity index (χ2v) is 7.42. The van der Waals surface area contributed by atoms with Crippen LogP contribution in [0.3, 0.4) is 0 Å². The van der Waals surface area contributed by atoms with Gasteiger partial charge >= 0.3 is 0 Å². The number of halogens is 1. The number of nitrogens with one attached hydrogen (secondary N) is 1. The van der Waals surface area contributed by atoms with E-state index < -0.39 is 6.10 Å². The zero-order valence-electron chi connectivity index (χ0n) is 13.9. The van der Waals surface area contributed by atoms with E-state index in [0.29, 0.717) is 21.7 Å². The largest absolute Gasteiger partial charge is 0.485 e. The van der Waals surface area contributed by atoms with Crippen LogP contribution in [-0.4, -0.2) is 23.6 Å². The standard InChI is InChI=1S/C19H15ClN2O3S/c1-11-17(12-6-8-13(20)9-7-12)21-19(26-11)22-18(23)16-10-24-14-4-2-3-5-15(14)25-16/h2-9,16H,10H2,1H3,(H,21,22,23). The van der Waals surface area contributed by atoms with Gasteiger partial charge in [-0.15, -0.1) is 11.3 Å². The normalized spacial score (nSPS) is 15.5. The zero-order valence-corrected chi connectivity index (χ0v) is 15.4. The summed E-state index contributed by atoms with van der Waals surface area (Å²) in [6, 6.07) is 14.7. The van der Waals surface area contributed by atoms with Crippen LogP contribution in [0.4, 0.5) is 5.13 Å². The first kappa shape index (κ1) is 16.9. The summed E-state index contributed by atoms with van der Waals surface area (Å²) in [5.74, 6) is 0.929. The Hall–Kier alpha value is -2.57. The third kappa shape index (κ3) is 3.38. The van der Waals surface area contributed by atoms with Gasteiger partial charge in [0.25, 0.3) is 5.91 Å². The van der Waals surface area contributed by atoms with Crippen LogP contribution < -0.4 is 14.8 Å². The molecule has 1 aromatic heterocycles. The number of aryl methyl sites for hydroxylation is 1. The van der Waals surface area contributed by atoms with Gasteiger partial charge in [0, 0.05) is 15.5 Å². The first-order chi connectivity index (χ1) is 12.6. The molecular formula is C19H15ClN2O3S. The van der Waals surface area contributed by atoms with E-state index in [1.807, 2.05) is 49.4 Å². The summed E-state index contributed by atoms with van der Waals surface area (Å²) < 4.78 is 11.3. The summed E-state index contributed by atoms with van der Waals surface area (Å²) in [5, 5.41) is 4.02. The smallest absolute Gasteiger partial charge is 0.270 e. The number of hydrogen-bond acceptors (Lipinski definition) is 5. The highest BCUT2D eigenvalue weighted by Gasteiger charge is 2.28. The summed E-state index contributed by atoms with van der Waals surface area (Å²) >= 11 is 7.35. The van der Waals surface area contributed by atoms with Crippen LogP contribution >= 0.6 is 22.9 Å². The maximum atomic E-state index is 12.5. The molecule has 1 aliphatic rings. The molecule has 1 aliphatic heterocycles. The first-order valence-corrected chi connectivity index (χ1v) is 9.22. The van der Waals surface area contributed by atoms with Crippen molar-refractivity contribution in [2.75, 3.05) is 11.9 Å². The van der Waals surface area contributed by atoms with E-state index in [1.165, 1.54) is 11.3 Å². The number of anilines is 1. The highest BCUT2D eigenvalue weighted by atomic mass is 35.5. The molecule has 4 rings (SSSR count). The topological polar surface area (TPSA) is 60.5 Å². The lowest BCUT2D eigenvalue weighted by Crippen LogP contribution is -2.40. The predicted octanol–water partition coefficient (Wildman–Crippen LogP) is 4.55. The molecule has 0 fully saturated rings. The van der Waals surface area contributed by atoms with Crippen molar-refractivity contribution in [3.63, 3.8) is 0 Å². The number of carbonyl (C=O) groups is 1. The molecule has 0 saturated carbocycles. The summed E-state index contributed by atoms with van der Waals surface area (Å²) in [6.45, 7) is 2.13. The number of amides is 1. The SMILES string of the molecule is Cc1sc(NC(=O)C2COc3ccccc3O2)nc1-c1ccc(Cl)cc1. The Balaban J connectivity index is 1.49. The summed E-state index contributed by atoms with van der Waals surface area (Å²) in [7, 11) is 0. The molecule has 0 aliphatic carbocycles. The molecule has 5 nitrogen and oxygen atoms in total. The molecular weight excluding hydrogens is 372 g/mol. The summed E-state index contributed by atoms with van der Waals surface area (Å²) in [6.07, 6.45) is -0.715. The number of fused-ring (bicyclic) bond motifs is 1. The van der Waals surface area contributed by atoms with Gasteiger partial charge in [0.05, 0.1) is 5.69 Å². The monoisotopic (exact) mass is 386 g/mol. The lowest BCUT2D eigenvalue weighted by Gasteiger charge is -2.25. The van der Waals surface area contributed by atoms with Crippen LogP contribution in [0.25, 0.3) is 11.3 Å². The molecule has 2 aromatic carbocycles. The van der Waals surface area contributed by atoms with Gasteiger partial charge in [-0.2, -0.15) is 0 Å². The molecule has 1 N–H and O–H groups in total. The van der Waals surface area contributed by atoms with E-state index >= 15 is 0 Å². The third-order valence-corrected chi connectivity index (χ3v) is 5.08. The van der Waals surface area contributed by atoms with Crippen molar-refractivity contribution >= 4 is 34.0 Å². The van der Waals surface area contributed by atoms with Gasteiger partial charge < -0.3 is 9.47 Å². The van der Waals surface area contributed by atoms with E-state index in [0.717, 1.165) is 16.1 Å². The minimum atomic E-state index is -0.715. The van der Waals surface area contributed by atoms with Crippen LogP contribution in [0.1, 0.15) is 4.88 Å². The third-order valence-electron chi connectivity index (χ3n) is 3.95. The zero-order chi connectivity index (χ0) is 18.1. The molecule has 2 heterocycles. The van der Waals surface area contributed by atoms with Gasteiger partial charge in [-0.1, -0.05) is 35.9 Å². The van der Waals surface area contributed by atoms with Crippen LogP contribution in [-0.2, 0) is 4.79 Å². The first-order valence-electron chi connectivity index (χ1n) is 8.03. The van der Waals surface area contributed by atoms with Gasteiger partial charge in [0.15, 0.2) is 16.6 Å². The average Bonchev–Trinajstić information content (AvgIpc) is 3.02. The van der Waals surface area contributed by atoms with E-state index in [4.69, 9.17) is 21.1 Å². The predicted molar refractivity (Wildman–Crippen MR) is 102 cm³/mol. The van der Waals surface area contributed by atoms with Crippen LogP contribution in [0.5, 0.6) is 11.5 Å². The molecule has 26 heavy (non-hydrogen) atoms. The van der Waals surface area contributed by atoms with Crippen molar-refractivity contribution in [2.24, 2.45) is 0 Å². The fourth-order valence-electron chi connectivity index (χ4n) is 2.66. The molecule has 0 saturated heterocycles. The maximum Gasteiger partial charge on any atom is 0.270 e. The van der Waals surface area contributed by atoms with Crippen LogP contribution in [0.2, 0.25) is 5.02 Å². The minimum Gasteiger partial charge on any atom is -0.485 e. The number of thiazole rings is 1. The second-order valence-electron chi connectivity index (χ2n) is 5.78. The Morgan fingerprint density at radius 3 is 2.69 bits per heavy atom. The van der Waals surface area contributed by atoms with Gasteiger partial charge in [0.2, 0.25) is 6.10 Å². The van der Waals surface area contributed by atoms with Crippen LogP contribution in [0, 0.1) is 6.92 Å². The number of hydrogen-bond donors (Lipinski definition) is 1. The Morgan fingerprint density at radius 1 is 1.19 bits per heavy atom. The quantitative estimate of drug-likeness (QED) is 0.717. The van der Waals surface area contributed by atoms with E-state index in [-0.39, 0.29) is 12.5 Å². The number of aromatic nitrogens is 1. The highest BCUT2D eigenvalue weighted by molar-refractivity contribution is 7.16. The molecule has 1 atom stereocenters. The van der Waals surface area contributed by atoms with Crippen molar-refractivity contribution in [2.45, 2.75) is 13.0 Å². The Kier molecular flexibility index (Phi) is 4.53. The molecule has 132 valence electrons. The summed E-state index contributed by atoms with van der Waals surface area (Å²) in [4.78, 5) is 18.1. The van der Waals surface area contributed by atoms with Crippen molar-refractivity contribution in [3.8, 4) is 22.8 Å². The molecule has 0 bridgehead atoms. The van der Waals surface area contributed by atoms with Crippen molar-refractivity contribution in [1.29, 1.82) is 0 Å². The molecule has 0 radical (unpaired) electrons. The van der Waals surface area contributed by atoms with Crippen molar-refractivity contribution in [1.82, 2.24) is 4.98 Å². The number of carbonyl (C=O) groups excluding carboxylic acids is 1. The van der Waals surface area contributed by atoms with Crippen LogP contribution in [0.15, 0.2) is 48.5 Å². The lowest BCUT2D eigenvalue weighted by atomic mass is 10.1. The van der Waals surface area contributed by atoms with Gasteiger partial charge in [0.1, 0.15) is 6.61 Å². The molecule has 1 amide bonds. The second kappa shape index (κ2) is 6.97. The van der Waals surface area contributed by atoms with Crippen molar-refractivity contribution in [3.05, 3.63) is 58.4 Å². The van der Waals surface area contributed by atoms with E-state index in [2.05, 4.69) is 10.3 Å². The molecule has 3 aromatic rings. The minimum absolute atomic E-state index is 0.164. The van der Waals surface area contributed by atoms with Gasteiger partial charge in [-0.3, -0.25) is 10.1 Å². The Labute approximate surface area is 159 Å². The number of ether oxygens (including phenoxy) is 2. The number of nitrogens with zero attached hydrogens (tertiary/aromatic N) is 1. The Morgan fingerprint density at radius 2 is 1.92 bits per heavy atom. The fraction of sp³-hybridized carbons (Fsp3) is 0.158. The van der Waals surface area contributed by atoms with E-state index in [1.54, 1.807) is 6.07 Å². The Bertz CT molecular complexity index is 956. The number of para-hydroxylation sites is 2. The average molecular weight is 387 g/mol. The molecule has 1 unspecified atom stereocenters. The number of benzene rings is 2. The summed E-state index contributed by atoms with van der Waals surface area (Å²) in [5.41, 5.74) is 1.78. The maximum absolute atomic E-state index is 12.5. The van der Waals surface area contributed by atoms with Crippen molar-refractivity contribution < 1.29 is 14.3 Å². The fourth-order valence-corrected chi connectivity index (χ4v) is 3.62. The van der Waals surface area contributed by atoms with Gasteiger partial charge in [-0.05, 0) is 31.2 Å². The van der Waals surface area contributed by atoms with Gasteiger partial charge in [-0.25, -0.2) is 4.98 Å². The highest BCUT2D eigenvalue weighted by Crippen LogP contribution is 2.33. The van der Waals surface area contributed by atoms with E-state index in [9.17, 15) is 4.79 Å². The molecule has 0 spiro atoms. The molecule has 7 heteroatoms. The lowest BCUT2D eigenvalue weighted by molar-refractivity contribution is -0.125. The number of rotatable bonds is 3.